The molecule has 2 heterocycles. The maximum Gasteiger partial charge on any atom is 0.322 e. The second kappa shape index (κ2) is 9.64. The molecular formula is C27H21FN4O2. The number of halogens is 1. The summed E-state index contributed by atoms with van der Waals surface area (Å²) in [6.45, 7) is -0.144. The van der Waals surface area contributed by atoms with Crippen LogP contribution in [0.4, 0.5) is 4.39 Å². The first-order valence-corrected chi connectivity index (χ1v) is 10.8. The third kappa shape index (κ3) is 4.42. The lowest BCUT2D eigenvalue weighted by Gasteiger charge is -2.20. The molecule has 168 valence electrons. The fourth-order valence-corrected chi connectivity index (χ4v) is 3.81. The molecule has 0 aliphatic rings. The van der Waals surface area contributed by atoms with Gasteiger partial charge in [-0.3, -0.25) is 0 Å². The van der Waals surface area contributed by atoms with Gasteiger partial charge >= 0.3 is 6.01 Å². The zero-order valence-corrected chi connectivity index (χ0v) is 18.1. The minimum Gasteiger partial charge on any atom is -0.424 e. The van der Waals surface area contributed by atoms with Gasteiger partial charge in [0.2, 0.25) is 0 Å². The van der Waals surface area contributed by atoms with Crippen LogP contribution in [0.25, 0.3) is 22.6 Å². The van der Waals surface area contributed by atoms with E-state index in [1.54, 1.807) is 30.7 Å². The van der Waals surface area contributed by atoms with Crippen LogP contribution in [0, 0.1) is 5.82 Å². The first-order valence-electron chi connectivity index (χ1n) is 10.8. The normalized spacial score (nSPS) is 11.8. The van der Waals surface area contributed by atoms with Crippen molar-refractivity contribution in [3.8, 4) is 34.4 Å². The molecule has 5 rings (SSSR count). The van der Waals surface area contributed by atoms with E-state index in [-0.39, 0.29) is 18.4 Å². The predicted molar refractivity (Wildman–Crippen MR) is 127 cm³/mol. The highest BCUT2D eigenvalue weighted by Crippen LogP contribution is 2.35. The van der Waals surface area contributed by atoms with E-state index in [0.717, 1.165) is 11.1 Å². The lowest BCUT2D eigenvalue weighted by atomic mass is 10.0. The topological polar surface area (TPSA) is 73.1 Å². The van der Waals surface area contributed by atoms with Gasteiger partial charge in [-0.1, -0.05) is 48.5 Å². The number of benzene rings is 3. The largest absolute Gasteiger partial charge is 0.424 e. The molecule has 2 aromatic heterocycles. The van der Waals surface area contributed by atoms with Gasteiger partial charge in [-0.05, 0) is 48.0 Å². The number of ether oxygens (including phenoxy) is 1. The summed E-state index contributed by atoms with van der Waals surface area (Å²) in [6, 6.07) is 26.6. The van der Waals surface area contributed by atoms with E-state index in [9.17, 15) is 9.50 Å². The molecule has 0 bridgehead atoms. The molecule has 1 atom stereocenters. The molecule has 0 radical (unpaired) electrons. The van der Waals surface area contributed by atoms with Crippen LogP contribution in [0.3, 0.4) is 0 Å². The first kappa shape index (κ1) is 21.5. The molecule has 0 aliphatic carbocycles. The van der Waals surface area contributed by atoms with Crippen molar-refractivity contribution >= 4 is 0 Å². The van der Waals surface area contributed by atoms with Gasteiger partial charge < -0.3 is 14.4 Å². The van der Waals surface area contributed by atoms with Gasteiger partial charge in [0, 0.05) is 11.8 Å². The van der Waals surface area contributed by atoms with Crippen LogP contribution in [0.2, 0.25) is 0 Å². The summed E-state index contributed by atoms with van der Waals surface area (Å²) in [4.78, 5) is 13.5. The van der Waals surface area contributed by atoms with Crippen molar-refractivity contribution < 1.29 is 14.2 Å². The van der Waals surface area contributed by atoms with Crippen molar-refractivity contribution in [2.75, 3.05) is 6.61 Å². The predicted octanol–water partition coefficient (Wildman–Crippen LogP) is 5.52. The number of rotatable bonds is 7. The maximum absolute atomic E-state index is 13.6. The quantitative estimate of drug-likeness (QED) is 0.352. The fraction of sp³-hybridized carbons (Fsp3) is 0.0741. The number of aromatic nitrogens is 4. The Kier molecular flexibility index (Phi) is 6.09. The molecule has 5 aromatic rings. The van der Waals surface area contributed by atoms with E-state index < -0.39 is 6.04 Å². The Morgan fingerprint density at radius 1 is 0.853 bits per heavy atom. The molecule has 1 N–H and O–H groups in total. The second-order valence-corrected chi connectivity index (χ2v) is 7.60. The summed E-state index contributed by atoms with van der Waals surface area (Å²) in [7, 11) is 0. The summed E-state index contributed by atoms with van der Waals surface area (Å²) in [5.41, 5.74) is 3.48. The third-order valence-corrected chi connectivity index (χ3v) is 5.43. The number of aliphatic hydroxyl groups excluding tert-OH is 1. The lowest BCUT2D eigenvalue weighted by Crippen LogP contribution is -2.15. The van der Waals surface area contributed by atoms with Gasteiger partial charge in [0.05, 0.1) is 36.1 Å². The Labute approximate surface area is 196 Å². The summed E-state index contributed by atoms with van der Waals surface area (Å²) < 4.78 is 21.3. The first-order chi connectivity index (χ1) is 16.7. The molecule has 6 nitrogen and oxygen atoms in total. The SMILES string of the molecule is OCC(c1ccccc1)n1cnc(-c2ccc(F)cc2)c1-c1ccnc(Oc2ccccc2)n1. The number of hydrogen-bond acceptors (Lipinski definition) is 5. The summed E-state index contributed by atoms with van der Waals surface area (Å²) in [5, 5.41) is 10.3. The van der Waals surface area contributed by atoms with Crippen LogP contribution < -0.4 is 4.74 Å². The average molecular weight is 452 g/mol. The summed E-state index contributed by atoms with van der Waals surface area (Å²) in [5.74, 6) is 0.285. The maximum atomic E-state index is 13.6. The van der Waals surface area contributed by atoms with Crippen molar-refractivity contribution in [2.24, 2.45) is 0 Å². The van der Waals surface area contributed by atoms with Gasteiger partial charge in [-0.2, -0.15) is 4.98 Å². The highest BCUT2D eigenvalue weighted by molar-refractivity contribution is 5.77. The number of hydrogen-bond donors (Lipinski definition) is 1. The van der Waals surface area contributed by atoms with Crippen molar-refractivity contribution in [1.29, 1.82) is 0 Å². The van der Waals surface area contributed by atoms with E-state index in [4.69, 9.17) is 4.74 Å². The van der Waals surface area contributed by atoms with Crippen molar-refractivity contribution in [2.45, 2.75) is 6.04 Å². The lowest BCUT2D eigenvalue weighted by molar-refractivity contribution is 0.250. The molecule has 0 spiro atoms. The molecule has 0 saturated heterocycles. The van der Waals surface area contributed by atoms with Crippen molar-refractivity contribution in [3.63, 3.8) is 0 Å². The molecular weight excluding hydrogens is 431 g/mol. The van der Waals surface area contributed by atoms with E-state index >= 15 is 0 Å². The average Bonchev–Trinajstić information content (AvgIpc) is 3.31. The Morgan fingerprint density at radius 2 is 1.56 bits per heavy atom. The van der Waals surface area contributed by atoms with Crippen LogP contribution in [-0.2, 0) is 0 Å². The Morgan fingerprint density at radius 3 is 2.26 bits per heavy atom. The number of para-hydroxylation sites is 1. The van der Waals surface area contributed by atoms with Gasteiger partial charge in [0.15, 0.2) is 0 Å². The standard InChI is InChI=1S/C27H21FN4O2/c28-21-13-11-20(12-14-21)25-26(32(18-30-25)24(17-33)19-7-3-1-4-8-19)23-15-16-29-27(31-23)34-22-9-5-2-6-10-22/h1-16,18,24,33H,17H2. The van der Waals surface area contributed by atoms with E-state index in [1.807, 2.05) is 65.2 Å². The van der Waals surface area contributed by atoms with Gasteiger partial charge in [-0.15, -0.1) is 0 Å². The monoisotopic (exact) mass is 452 g/mol. The van der Waals surface area contributed by atoms with Crippen LogP contribution in [-0.4, -0.2) is 31.2 Å². The Bertz CT molecular complexity index is 1370. The Balaban J connectivity index is 1.64. The molecule has 0 saturated carbocycles. The van der Waals surface area contributed by atoms with Gasteiger partial charge in [0.1, 0.15) is 11.6 Å². The molecule has 34 heavy (non-hydrogen) atoms. The Hall–Kier alpha value is -4.36. The van der Waals surface area contributed by atoms with E-state index in [0.29, 0.717) is 22.8 Å². The zero-order chi connectivity index (χ0) is 23.3. The highest BCUT2D eigenvalue weighted by Gasteiger charge is 2.23. The van der Waals surface area contributed by atoms with Gasteiger partial charge in [-0.25, -0.2) is 14.4 Å². The molecule has 0 amide bonds. The van der Waals surface area contributed by atoms with E-state index in [1.165, 1.54) is 12.1 Å². The summed E-state index contributed by atoms with van der Waals surface area (Å²) in [6.07, 6.45) is 3.28. The van der Waals surface area contributed by atoms with Crippen LogP contribution >= 0.6 is 0 Å². The molecule has 7 heteroatoms. The summed E-state index contributed by atoms with van der Waals surface area (Å²) >= 11 is 0. The number of imidazole rings is 1. The molecule has 0 aliphatic heterocycles. The van der Waals surface area contributed by atoms with Gasteiger partial charge in [0.25, 0.3) is 0 Å². The molecule has 1 unspecified atom stereocenters. The number of nitrogens with zero attached hydrogens (tertiary/aromatic N) is 4. The highest BCUT2D eigenvalue weighted by atomic mass is 19.1. The fourth-order valence-electron chi connectivity index (χ4n) is 3.81. The third-order valence-electron chi connectivity index (χ3n) is 5.43. The minimum absolute atomic E-state index is 0.144. The zero-order valence-electron chi connectivity index (χ0n) is 18.1. The van der Waals surface area contributed by atoms with E-state index in [2.05, 4.69) is 15.0 Å². The second-order valence-electron chi connectivity index (χ2n) is 7.60. The van der Waals surface area contributed by atoms with Crippen molar-refractivity contribution in [3.05, 3.63) is 115 Å². The molecule has 3 aromatic carbocycles. The van der Waals surface area contributed by atoms with Crippen molar-refractivity contribution in [1.82, 2.24) is 19.5 Å². The van der Waals surface area contributed by atoms with Crippen LogP contribution in [0.5, 0.6) is 11.8 Å². The van der Waals surface area contributed by atoms with Crippen LogP contribution in [0.15, 0.2) is 104 Å². The van der Waals surface area contributed by atoms with Crippen LogP contribution in [0.1, 0.15) is 11.6 Å². The smallest absolute Gasteiger partial charge is 0.322 e. The minimum atomic E-state index is -0.397. The number of aliphatic hydroxyl groups is 1. The molecule has 0 fully saturated rings.